The van der Waals surface area contributed by atoms with E-state index in [0.29, 0.717) is 6.04 Å². The van der Waals surface area contributed by atoms with E-state index >= 15 is 0 Å². The Hall–Kier alpha value is -0.130. The first-order chi connectivity index (χ1) is 7.72. The summed E-state index contributed by atoms with van der Waals surface area (Å²) in [5, 5.41) is 0. The number of halogens is 2. The molecule has 1 fully saturated rings. The summed E-state index contributed by atoms with van der Waals surface area (Å²) in [5.74, 6) is 1.01. The number of nitrogens with zero attached hydrogens (tertiary/aromatic N) is 2. The summed E-state index contributed by atoms with van der Waals surface area (Å²) < 4.78 is 7.51. The summed E-state index contributed by atoms with van der Waals surface area (Å²) >= 11 is 6.98. The molecule has 0 aromatic carbocycles. The molecule has 1 aromatic heterocycles. The Morgan fingerprint density at radius 2 is 2.38 bits per heavy atom. The van der Waals surface area contributed by atoms with Crippen LogP contribution in [0.1, 0.15) is 13.3 Å². The van der Waals surface area contributed by atoms with Crippen LogP contribution in [0.5, 0.6) is 0 Å². The van der Waals surface area contributed by atoms with Gasteiger partial charge < -0.3 is 9.64 Å². The van der Waals surface area contributed by atoms with E-state index in [9.17, 15) is 0 Å². The number of hydrogen-bond donors (Lipinski definition) is 0. The molecule has 3 nitrogen and oxygen atoms in total. The van der Waals surface area contributed by atoms with Gasteiger partial charge in [-0.1, -0.05) is 6.92 Å². The van der Waals surface area contributed by atoms with Crippen molar-refractivity contribution in [1.82, 2.24) is 4.98 Å². The van der Waals surface area contributed by atoms with E-state index in [1.54, 1.807) is 0 Å². The lowest BCUT2D eigenvalue weighted by molar-refractivity contribution is 0.0925. The van der Waals surface area contributed by atoms with Crippen molar-refractivity contribution < 1.29 is 4.74 Å². The molecule has 1 aromatic rings. The molecule has 5 heteroatoms. The molecule has 1 unspecified atom stereocenters. The van der Waals surface area contributed by atoms with Crippen molar-refractivity contribution in [1.29, 1.82) is 0 Å². The van der Waals surface area contributed by atoms with Crippen molar-refractivity contribution >= 4 is 37.7 Å². The molecule has 1 aliphatic rings. The van der Waals surface area contributed by atoms with Crippen LogP contribution >= 0.6 is 31.9 Å². The number of rotatable bonds is 2. The third kappa shape index (κ3) is 2.57. The van der Waals surface area contributed by atoms with Gasteiger partial charge in [-0.05, 0) is 44.3 Å². The zero-order valence-electron chi connectivity index (χ0n) is 9.12. The number of ether oxygens (including phenoxy) is 1. The molecule has 0 radical (unpaired) electrons. The highest BCUT2D eigenvalue weighted by Gasteiger charge is 2.24. The second-order valence-electron chi connectivity index (χ2n) is 3.79. The average molecular weight is 350 g/mol. The molecule has 2 rings (SSSR count). The summed E-state index contributed by atoms with van der Waals surface area (Å²) in [6.07, 6.45) is 2.91. The Kier molecular flexibility index (Phi) is 4.21. The van der Waals surface area contributed by atoms with Gasteiger partial charge >= 0.3 is 0 Å². The Bertz CT molecular complexity index is 373. The van der Waals surface area contributed by atoms with Crippen LogP contribution in [-0.4, -0.2) is 30.8 Å². The quantitative estimate of drug-likeness (QED) is 0.819. The maximum atomic E-state index is 5.49. The third-order valence-electron chi connectivity index (χ3n) is 2.76. The van der Waals surface area contributed by atoms with Gasteiger partial charge in [0, 0.05) is 17.2 Å². The maximum absolute atomic E-state index is 5.49. The molecule has 1 atom stereocenters. The monoisotopic (exact) mass is 348 g/mol. The molecule has 0 aliphatic carbocycles. The van der Waals surface area contributed by atoms with Crippen LogP contribution in [0.15, 0.2) is 21.2 Å². The molecule has 0 spiro atoms. The first-order valence-corrected chi connectivity index (χ1v) is 6.96. The first-order valence-electron chi connectivity index (χ1n) is 5.37. The second-order valence-corrected chi connectivity index (χ2v) is 5.56. The molecule has 0 N–H and O–H groups in total. The highest BCUT2D eigenvalue weighted by Crippen LogP contribution is 2.29. The van der Waals surface area contributed by atoms with E-state index in [1.165, 1.54) is 0 Å². The molecule has 0 amide bonds. The van der Waals surface area contributed by atoms with Crippen LogP contribution in [0.4, 0.5) is 5.82 Å². The number of morpholine rings is 1. The fourth-order valence-corrected chi connectivity index (χ4v) is 3.11. The first kappa shape index (κ1) is 12.3. The summed E-state index contributed by atoms with van der Waals surface area (Å²) in [7, 11) is 0. The molecule has 88 valence electrons. The van der Waals surface area contributed by atoms with Crippen LogP contribution in [0, 0.1) is 0 Å². The third-order valence-corrected chi connectivity index (χ3v) is 3.78. The lowest BCUT2D eigenvalue weighted by Gasteiger charge is -2.36. The van der Waals surface area contributed by atoms with Gasteiger partial charge in [0.15, 0.2) is 0 Å². The number of hydrogen-bond acceptors (Lipinski definition) is 3. The van der Waals surface area contributed by atoms with E-state index in [0.717, 1.165) is 40.9 Å². The number of pyridine rings is 1. The van der Waals surface area contributed by atoms with E-state index in [-0.39, 0.29) is 0 Å². The Morgan fingerprint density at radius 1 is 1.56 bits per heavy atom. The van der Waals surface area contributed by atoms with Crippen LogP contribution in [0.2, 0.25) is 0 Å². The van der Waals surface area contributed by atoms with Crippen molar-refractivity contribution in [3.05, 3.63) is 21.2 Å². The molecule has 1 saturated heterocycles. The van der Waals surface area contributed by atoms with Crippen molar-refractivity contribution in [2.75, 3.05) is 24.7 Å². The fourth-order valence-electron chi connectivity index (χ4n) is 1.89. The topological polar surface area (TPSA) is 25.4 Å². The summed E-state index contributed by atoms with van der Waals surface area (Å²) in [4.78, 5) is 6.80. The van der Waals surface area contributed by atoms with Crippen molar-refractivity contribution in [3.8, 4) is 0 Å². The zero-order chi connectivity index (χ0) is 11.5. The highest BCUT2D eigenvalue weighted by molar-refractivity contribution is 9.11. The predicted octanol–water partition coefficient (Wildman–Crippen LogP) is 3.22. The summed E-state index contributed by atoms with van der Waals surface area (Å²) in [5.41, 5.74) is 0. The standard InChI is InChI=1S/C11H14Br2N2O/c1-2-9-7-16-4-3-15(9)11-10(13)5-8(12)6-14-11/h5-6,9H,2-4,7H2,1H3. The Morgan fingerprint density at radius 3 is 3.06 bits per heavy atom. The van der Waals surface area contributed by atoms with Crippen molar-refractivity contribution in [3.63, 3.8) is 0 Å². The van der Waals surface area contributed by atoms with E-state index in [4.69, 9.17) is 4.74 Å². The van der Waals surface area contributed by atoms with Crippen LogP contribution in [0.3, 0.4) is 0 Å². The number of anilines is 1. The van der Waals surface area contributed by atoms with Gasteiger partial charge in [-0.25, -0.2) is 4.98 Å². The van der Waals surface area contributed by atoms with E-state index in [1.807, 2.05) is 12.3 Å². The molecule has 1 aliphatic heterocycles. The van der Waals surface area contributed by atoms with E-state index in [2.05, 4.69) is 48.7 Å². The smallest absolute Gasteiger partial charge is 0.143 e. The van der Waals surface area contributed by atoms with Crippen LogP contribution in [-0.2, 0) is 4.74 Å². The lowest BCUT2D eigenvalue weighted by Crippen LogP contribution is -2.45. The molecular formula is C11H14Br2N2O. The van der Waals surface area contributed by atoms with Crippen LogP contribution in [0.25, 0.3) is 0 Å². The highest BCUT2D eigenvalue weighted by atomic mass is 79.9. The molecule has 0 saturated carbocycles. The van der Waals surface area contributed by atoms with Crippen molar-refractivity contribution in [2.24, 2.45) is 0 Å². The minimum Gasteiger partial charge on any atom is -0.377 e. The van der Waals surface area contributed by atoms with E-state index < -0.39 is 0 Å². The summed E-state index contributed by atoms with van der Waals surface area (Å²) in [6, 6.07) is 2.46. The Balaban J connectivity index is 2.27. The predicted molar refractivity (Wildman–Crippen MR) is 71.9 cm³/mol. The number of aromatic nitrogens is 1. The van der Waals surface area contributed by atoms with Crippen LogP contribution < -0.4 is 4.90 Å². The van der Waals surface area contributed by atoms with Gasteiger partial charge in [0.05, 0.1) is 23.7 Å². The minimum atomic E-state index is 0.429. The van der Waals surface area contributed by atoms with Gasteiger partial charge in [0.25, 0.3) is 0 Å². The van der Waals surface area contributed by atoms with Gasteiger partial charge in [0.1, 0.15) is 5.82 Å². The normalized spacial score (nSPS) is 21.2. The molecular weight excluding hydrogens is 336 g/mol. The SMILES string of the molecule is CCC1COCCN1c1ncc(Br)cc1Br. The largest absolute Gasteiger partial charge is 0.377 e. The minimum absolute atomic E-state index is 0.429. The second kappa shape index (κ2) is 5.47. The average Bonchev–Trinajstić information content (AvgIpc) is 2.29. The van der Waals surface area contributed by atoms with Gasteiger partial charge in [0.2, 0.25) is 0 Å². The maximum Gasteiger partial charge on any atom is 0.143 e. The fraction of sp³-hybridized carbons (Fsp3) is 0.545. The lowest BCUT2D eigenvalue weighted by atomic mass is 10.2. The van der Waals surface area contributed by atoms with Gasteiger partial charge in [-0.15, -0.1) is 0 Å². The van der Waals surface area contributed by atoms with Gasteiger partial charge in [-0.3, -0.25) is 0 Å². The van der Waals surface area contributed by atoms with Gasteiger partial charge in [-0.2, -0.15) is 0 Å². The van der Waals surface area contributed by atoms with Crippen molar-refractivity contribution in [2.45, 2.75) is 19.4 Å². The molecule has 16 heavy (non-hydrogen) atoms. The summed E-state index contributed by atoms with van der Waals surface area (Å²) in [6.45, 7) is 4.66. The zero-order valence-corrected chi connectivity index (χ0v) is 12.3. The molecule has 2 heterocycles. The Labute approximate surface area is 112 Å². The molecule has 0 bridgehead atoms.